The van der Waals surface area contributed by atoms with Crippen molar-refractivity contribution in [2.75, 3.05) is 24.8 Å². The normalized spacial score (nSPS) is 12.8. The lowest BCUT2D eigenvalue weighted by molar-refractivity contribution is 0.467. The maximum atomic E-state index is 11.9. The smallest absolute Gasteiger partial charge is 0.215 e. The van der Waals surface area contributed by atoms with Crippen LogP contribution in [0.1, 0.15) is 5.56 Å². The van der Waals surface area contributed by atoms with Crippen LogP contribution in [0.5, 0.6) is 0 Å². The van der Waals surface area contributed by atoms with Gasteiger partial charge in [0.2, 0.25) is 10.0 Å². The summed E-state index contributed by atoms with van der Waals surface area (Å²) in [5.41, 5.74) is 0.841. The van der Waals surface area contributed by atoms with Gasteiger partial charge in [0.1, 0.15) is 9.84 Å². The van der Waals surface area contributed by atoms with E-state index in [0.717, 1.165) is 16.3 Å². The fourth-order valence-electron chi connectivity index (χ4n) is 1.36. The molecule has 5 nitrogen and oxygen atoms in total. The van der Waals surface area contributed by atoms with Crippen LogP contribution in [0.15, 0.2) is 28.7 Å². The average molecular weight is 370 g/mol. The van der Waals surface area contributed by atoms with E-state index in [2.05, 4.69) is 15.9 Å². The van der Waals surface area contributed by atoms with E-state index >= 15 is 0 Å². The zero-order chi connectivity index (χ0) is 14.7. The second-order valence-electron chi connectivity index (χ2n) is 4.33. The molecular formula is C11H16BrNO4S2. The predicted octanol–water partition coefficient (Wildman–Crippen LogP) is 1.26. The molecule has 0 fully saturated rings. The molecule has 0 saturated heterocycles. The second-order valence-corrected chi connectivity index (χ2v) is 9.70. The zero-order valence-electron chi connectivity index (χ0n) is 10.7. The number of benzene rings is 1. The van der Waals surface area contributed by atoms with E-state index in [1.54, 1.807) is 0 Å². The molecule has 0 bridgehead atoms. The highest BCUT2D eigenvalue weighted by molar-refractivity contribution is 9.10. The topological polar surface area (TPSA) is 71.5 Å². The minimum absolute atomic E-state index is 0.222. The van der Waals surface area contributed by atoms with Crippen molar-refractivity contribution in [3.05, 3.63) is 34.3 Å². The van der Waals surface area contributed by atoms with Crippen LogP contribution in [0.3, 0.4) is 0 Å². The molecule has 0 aliphatic heterocycles. The zero-order valence-corrected chi connectivity index (χ0v) is 13.9. The molecule has 0 heterocycles. The molecule has 0 spiro atoms. The fraction of sp³-hybridized carbons (Fsp3) is 0.455. The predicted molar refractivity (Wildman–Crippen MR) is 79.1 cm³/mol. The molecule has 0 aliphatic rings. The van der Waals surface area contributed by atoms with Gasteiger partial charge in [-0.15, -0.1) is 0 Å². The van der Waals surface area contributed by atoms with Crippen LogP contribution < -0.4 is 0 Å². The molecule has 1 aromatic rings. The third kappa shape index (κ3) is 6.03. The van der Waals surface area contributed by atoms with Gasteiger partial charge in [-0.1, -0.05) is 28.1 Å². The van der Waals surface area contributed by atoms with Gasteiger partial charge in [-0.25, -0.2) is 21.1 Å². The maximum Gasteiger partial charge on any atom is 0.215 e. The minimum atomic E-state index is -3.56. The van der Waals surface area contributed by atoms with Crippen LogP contribution in [0.4, 0.5) is 0 Å². The molecule has 0 aromatic heterocycles. The van der Waals surface area contributed by atoms with Crippen LogP contribution in [0.2, 0.25) is 0 Å². The van der Waals surface area contributed by atoms with E-state index in [0.29, 0.717) is 0 Å². The third-order valence-corrected chi connectivity index (χ3v) is 6.04. The van der Waals surface area contributed by atoms with E-state index in [9.17, 15) is 16.8 Å². The Balaban J connectivity index is 2.71. The first-order chi connectivity index (χ1) is 8.60. The summed E-state index contributed by atoms with van der Waals surface area (Å²) in [5, 5.41) is 0. The number of nitrogens with zero attached hydrogens (tertiary/aromatic N) is 1. The Morgan fingerprint density at radius 1 is 1.05 bits per heavy atom. The van der Waals surface area contributed by atoms with Crippen molar-refractivity contribution >= 4 is 35.8 Å². The molecule has 0 aliphatic carbocycles. The number of hydrogen-bond acceptors (Lipinski definition) is 4. The number of sulfonamides is 1. The van der Waals surface area contributed by atoms with Gasteiger partial charge in [-0.2, -0.15) is 0 Å². The van der Waals surface area contributed by atoms with Crippen LogP contribution in [0.25, 0.3) is 0 Å². The summed E-state index contributed by atoms with van der Waals surface area (Å²) in [6.07, 6.45) is 1.03. The summed E-state index contributed by atoms with van der Waals surface area (Å²) in [6, 6.07) is 7.28. The van der Waals surface area contributed by atoms with E-state index in [1.165, 1.54) is 11.4 Å². The molecule has 1 rings (SSSR count). The molecule has 0 radical (unpaired) electrons. The molecule has 0 N–H and O–H groups in total. The van der Waals surface area contributed by atoms with Gasteiger partial charge in [0.15, 0.2) is 0 Å². The number of rotatable bonds is 6. The SMILES string of the molecule is CN(Cc1ccc(Br)cc1)S(=O)(=O)CCS(C)(=O)=O. The molecule has 108 valence electrons. The van der Waals surface area contributed by atoms with Crippen molar-refractivity contribution in [1.29, 1.82) is 0 Å². The van der Waals surface area contributed by atoms with E-state index in [-0.39, 0.29) is 12.3 Å². The van der Waals surface area contributed by atoms with Gasteiger partial charge in [0, 0.05) is 24.3 Å². The summed E-state index contributed by atoms with van der Waals surface area (Å²) in [4.78, 5) is 0. The maximum absolute atomic E-state index is 11.9. The lowest BCUT2D eigenvalue weighted by Gasteiger charge is -2.17. The molecule has 0 amide bonds. The van der Waals surface area contributed by atoms with E-state index in [4.69, 9.17) is 0 Å². The second kappa shape index (κ2) is 6.34. The Morgan fingerprint density at radius 2 is 1.58 bits per heavy atom. The summed E-state index contributed by atoms with van der Waals surface area (Å²) in [5.74, 6) is -0.751. The Kier molecular flexibility index (Phi) is 5.54. The van der Waals surface area contributed by atoms with Gasteiger partial charge in [-0.3, -0.25) is 0 Å². The summed E-state index contributed by atoms with van der Waals surface area (Å²) >= 11 is 3.30. The van der Waals surface area contributed by atoms with Gasteiger partial charge in [-0.05, 0) is 17.7 Å². The van der Waals surface area contributed by atoms with Crippen molar-refractivity contribution in [1.82, 2.24) is 4.31 Å². The molecule has 1 aromatic carbocycles. The summed E-state index contributed by atoms with van der Waals surface area (Å²) in [6.45, 7) is 0.222. The van der Waals surface area contributed by atoms with Gasteiger partial charge in [0.05, 0.1) is 11.5 Å². The van der Waals surface area contributed by atoms with Crippen molar-refractivity contribution in [2.24, 2.45) is 0 Å². The van der Waals surface area contributed by atoms with Crippen LogP contribution in [0, 0.1) is 0 Å². The lowest BCUT2D eigenvalue weighted by Crippen LogP contribution is -2.31. The van der Waals surface area contributed by atoms with Crippen LogP contribution >= 0.6 is 15.9 Å². The highest BCUT2D eigenvalue weighted by atomic mass is 79.9. The largest absolute Gasteiger partial charge is 0.229 e. The van der Waals surface area contributed by atoms with Crippen LogP contribution in [-0.2, 0) is 26.4 Å². The minimum Gasteiger partial charge on any atom is -0.229 e. The summed E-state index contributed by atoms with van der Waals surface area (Å²) < 4.78 is 47.9. The molecule has 0 saturated carbocycles. The molecular weight excluding hydrogens is 354 g/mol. The highest BCUT2D eigenvalue weighted by Gasteiger charge is 2.20. The Morgan fingerprint density at radius 3 is 2.05 bits per heavy atom. The van der Waals surface area contributed by atoms with E-state index in [1.807, 2.05) is 24.3 Å². The molecule has 8 heteroatoms. The number of sulfone groups is 1. The summed E-state index contributed by atoms with van der Waals surface area (Å²) in [7, 11) is -5.40. The van der Waals surface area contributed by atoms with Gasteiger partial charge < -0.3 is 0 Å². The molecule has 19 heavy (non-hydrogen) atoms. The van der Waals surface area contributed by atoms with Crippen molar-refractivity contribution < 1.29 is 16.8 Å². The van der Waals surface area contributed by atoms with Crippen molar-refractivity contribution in [3.63, 3.8) is 0 Å². The number of hydrogen-bond donors (Lipinski definition) is 0. The van der Waals surface area contributed by atoms with Crippen LogP contribution in [-0.4, -0.2) is 45.9 Å². The average Bonchev–Trinajstić information content (AvgIpc) is 2.29. The van der Waals surface area contributed by atoms with Gasteiger partial charge in [0.25, 0.3) is 0 Å². The Hall–Kier alpha value is -0.440. The first-order valence-electron chi connectivity index (χ1n) is 5.46. The molecule has 0 unspecified atom stereocenters. The van der Waals surface area contributed by atoms with Crippen molar-refractivity contribution in [2.45, 2.75) is 6.54 Å². The fourth-order valence-corrected chi connectivity index (χ4v) is 4.33. The lowest BCUT2D eigenvalue weighted by atomic mass is 10.2. The van der Waals surface area contributed by atoms with Gasteiger partial charge >= 0.3 is 0 Å². The standard InChI is InChI=1S/C11H16BrNO4S2/c1-13(9-10-3-5-11(12)6-4-10)19(16,17)8-7-18(2,14)15/h3-6H,7-9H2,1-2H3. The molecule has 0 atom stereocenters. The number of halogens is 1. The first kappa shape index (κ1) is 16.6. The Bertz CT molecular complexity index is 623. The third-order valence-electron chi connectivity index (χ3n) is 2.51. The highest BCUT2D eigenvalue weighted by Crippen LogP contribution is 2.13. The first-order valence-corrected chi connectivity index (χ1v) is 9.92. The van der Waals surface area contributed by atoms with E-state index < -0.39 is 25.6 Å². The Labute approximate surface area is 122 Å². The quantitative estimate of drug-likeness (QED) is 0.756. The monoisotopic (exact) mass is 369 g/mol. The van der Waals surface area contributed by atoms with Crippen molar-refractivity contribution in [3.8, 4) is 0 Å².